The molecule has 2 aromatic rings. The summed E-state index contributed by atoms with van der Waals surface area (Å²) in [5, 5.41) is 6.60. The zero-order chi connectivity index (χ0) is 17.9. The molecule has 2 N–H and O–H groups in total. The van der Waals surface area contributed by atoms with Crippen LogP contribution in [0.15, 0.2) is 12.1 Å². The molecular weight excluding hydrogens is 366 g/mol. The number of nitrogens with one attached hydrogen (secondary N) is 2. The number of likely N-dealkylation sites (tertiary alicyclic amines) is 1. The van der Waals surface area contributed by atoms with Gasteiger partial charge in [-0.05, 0) is 19.4 Å². The SMILES string of the molecule is O=C(Nc1nc2cc3c(cc2s1)OC(F)(F)O3)N1CCC2(CCNC2)C1. The molecule has 1 atom stereocenters. The topological polar surface area (TPSA) is 75.7 Å². The van der Waals surface area contributed by atoms with Crippen LogP contribution >= 0.6 is 11.3 Å². The lowest BCUT2D eigenvalue weighted by atomic mass is 9.87. The van der Waals surface area contributed by atoms with Crippen LogP contribution in [0.4, 0.5) is 18.7 Å². The van der Waals surface area contributed by atoms with E-state index in [-0.39, 0.29) is 22.9 Å². The van der Waals surface area contributed by atoms with Crippen LogP contribution in [-0.2, 0) is 0 Å². The Morgan fingerprint density at radius 3 is 2.88 bits per heavy atom. The molecule has 2 fully saturated rings. The quantitative estimate of drug-likeness (QED) is 0.793. The molecule has 0 bridgehead atoms. The number of urea groups is 1. The summed E-state index contributed by atoms with van der Waals surface area (Å²) >= 11 is 1.21. The minimum Gasteiger partial charge on any atom is -0.395 e. The highest BCUT2D eigenvalue weighted by atomic mass is 32.1. The number of hydrogen-bond acceptors (Lipinski definition) is 6. The molecule has 138 valence electrons. The summed E-state index contributed by atoms with van der Waals surface area (Å²) in [6.07, 6.45) is -1.55. The molecule has 3 aliphatic rings. The van der Waals surface area contributed by atoms with Gasteiger partial charge in [0.25, 0.3) is 0 Å². The van der Waals surface area contributed by atoms with E-state index in [1.807, 2.05) is 4.90 Å². The number of benzene rings is 1. The van der Waals surface area contributed by atoms with Crippen molar-refractivity contribution in [3.05, 3.63) is 12.1 Å². The second-order valence-corrected chi connectivity index (χ2v) is 8.01. The first-order chi connectivity index (χ1) is 12.4. The first-order valence-corrected chi connectivity index (χ1v) is 9.20. The molecule has 1 unspecified atom stereocenters. The normalized spacial score (nSPS) is 26.2. The monoisotopic (exact) mass is 382 g/mol. The van der Waals surface area contributed by atoms with E-state index in [1.54, 1.807) is 0 Å². The fourth-order valence-corrected chi connectivity index (χ4v) is 4.71. The summed E-state index contributed by atoms with van der Waals surface area (Å²) in [6.45, 7) is 3.42. The maximum Gasteiger partial charge on any atom is 0.586 e. The van der Waals surface area contributed by atoms with Crippen molar-refractivity contribution in [2.75, 3.05) is 31.5 Å². The molecule has 1 aromatic heterocycles. The number of carbonyl (C=O) groups is 1. The van der Waals surface area contributed by atoms with Gasteiger partial charge in [0.2, 0.25) is 0 Å². The molecule has 3 aliphatic heterocycles. The summed E-state index contributed by atoms with van der Waals surface area (Å²) in [4.78, 5) is 18.6. The summed E-state index contributed by atoms with van der Waals surface area (Å²) in [5.41, 5.74) is 0.675. The molecular formula is C16H16F2N4O3S. The Morgan fingerprint density at radius 1 is 1.31 bits per heavy atom. The number of halogens is 2. The Morgan fingerprint density at radius 2 is 2.12 bits per heavy atom. The number of rotatable bonds is 1. The molecule has 5 rings (SSSR count). The van der Waals surface area contributed by atoms with Gasteiger partial charge in [0.15, 0.2) is 16.6 Å². The van der Waals surface area contributed by atoms with Crippen LogP contribution in [-0.4, -0.2) is 48.4 Å². The van der Waals surface area contributed by atoms with E-state index in [0.717, 1.165) is 39.0 Å². The van der Waals surface area contributed by atoms with Gasteiger partial charge in [-0.2, -0.15) is 0 Å². The van der Waals surface area contributed by atoms with Crippen LogP contribution in [0, 0.1) is 5.41 Å². The molecule has 1 spiro atoms. The first-order valence-electron chi connectivity index (χ1n) is 8.39. The van der Waals surface area contributed by atoms with E-state index in [1.165, 1.54) is 23.5 Å². The molecule has 26 heavy (non-hydrogen) atoms. The maximum absolute atomic E-state index is 13.1. The zero-order valence-corrected chi connectivity index (χ0v) is 14.5. The lowest BCUT2D eigenvalue weighted by molar-refractivity contribution is -0.286. The second kappa shape index (κ2) is 5.40. The van der Waals surface area contributed by atoms with Crippen LogP contribution < -0.4 is 20.1 Å². The summed E-state index contributed by atoms with van der Waals surface area (Å²) < 4.78 is 35.8. The third-order valence-electron chi connectivity index (χ3n) is 5.18. The highest BCUT2D eigenvalue weighted by Crippen LogP contribution is 2.44. The molecule has 2 saturated heterocycles. The van der Waals surface area contributed by atoms with Crippen LogP contribution in [0.2, 0.25) is 0 Å². The van der Waals surface area contributed by atoms with Gasteiger partial charge in [0, 0.05) is 37.2 Å². The third-order valence-corrected chi connectivity index (χ3v) is 6.12. The molecule has 4 heterocycles. The van der Waals surface area contributed by atoms with Crippen molar-refractivity contribution in [2.45, 2.75) is 19.1 Å². The smallest absolute Gasteiger partial charge is 0.395 e. The zero-order valence-electron chi connectivity index (χ0n) is 13.7. The number of anilines is 1. The van der Waals surface area contributed by atoms with Crippen molar-refractivity contribution in [3.63, 3.8) is 0 Å². The van der Waals surface area contributed by atoms with Gasteiger partial charge in [-0.25, -0.2) is 9.78 Å². The molecule has 0 radical (unpaired) electrons. The highest BCUT2D eigenvalue weighted by molar-refractivity contribution is 7.22. The Kier molecular flexibility index (Phi) is 3.32. The van der Waals surface area contributed by atoms with Crippen molar-refractivity contribution in [1.82, 2.24) is 15.2 Å². The lowest BCUT2D eigenvalue weighted by Crippen LogP contribution is -2.36. The van der Waals surface area contributed by atoms with E-state index in [9.17, 15) is 13.6 Å². The van der Waals surface area contributed by atoms with Crippen LogP contribution in [0.5, 0.6) is 11.5 Å². The van der Waals surface area contributed by atoms with Crippen LogP contribution in [0.1, 0.15) is 12.8 Å². The minimum atomic E-state index is -3.65. The van der Waals surface area contributed by atoms with Gasteiger partial charge < -0.3 is 19.7 Å². The van der Waals surface area contributed by atoms with Crippen molar-refractivity contribution < 1.29 is 23.0 Å². The summed E-state index contributed by atoms with van der Waals surface area (Å²) in [6, 6.07) is 2.67. The van der Waals surface area contributed by atoms with Crippen LogP contribution in [0.3, 0.4) is 0 Å². The fraction of sp³-hybridized carbons (Fsp3) is 0.500. The van der Waals surface area contributed by atoms with Gasteiger partial charge in [0.05, 0.1) is 10.2 Å². The number of aromatic nitrogens is 1. The first kappa shape index (κ1) is 16.0. The predicted molar refractivity (Wildman–Crippen MR) is 91.0 cm³/mol. The maximum atomic E-state index is 13.1. The largest absolute Gasteiger partial charge is 0.586 e. The van der Waals surface area contributed by atoms with E-state index in [0.29, 0.717) is 15.3 Å². The lowest BCUT2D eigenvalue weighted by Gasteiger charge is -2.22. The van der Waals surface area contributed by atoms with E-state index >= 15 is 0 Å². The van der Waals surface area contributed by atoms with Crippen molar-refractivity contribution in [2.24, 2.45) is 5.41 Å². The molecule has 2 amide bonds. The average molecular weight is 382 g/mol. The number of carbonyl (C=O) groups excluding carboxylic acids is 1. The summed E-state index contributed by atoms with van der Waals surface area (Å²) in [5.74, 6) is -0.0832. The number of ether oxygens (including phenoxy) is 2. The Bertz CT molecular complexity index is 852. The third kappa shape index (κ3) is 2.64. The Labute approximate surface area is 151 Å². The molecule has 0 saturated carbocycles. The van der Waals surface area contributed by atoms with Crippen molar-refractivity contribution in [3.8, 4) is 11.5 Å². The Balaban J connectivity index is 1.32. The number of alkyl halides is 2. The van der Waals surface area contributed by atoms with E-state index in [2.05, 4.69) is 25.1 Å². The predicted octanol–water partition coefficient (Wildman–Crippen LogP) is 2.84. The molecule has 1 aromatic carbocycles. The Hall–Kier alpha value is -2.20. The standard InChI is InChI=1S/C16H16F2N4O3S/c17-16(18)24-10-5-9-12(6-11(10)25-16)26-13(20-9)21-14(23)22-4-2-15(8-22)1-3-19-7-15/h5-6,19H,1-4,7-8H2,(H,20,21,23). The number of nitrogens with zero attached hydrogens (tertiary/aromatic N) is 2. The second-order valence-electron chi connectivity index (χ2n) is 6.98. The summed E-state index contributed by atoms with van der Waals surface area (Å²) in [7, 11) is 0. The molecule has 10 heteroatoms. The average Bonchev–Trinajstić information content (AvgIpc) is 3.31. The van der Waals surface area contributed by atoms with Gasteiger partial charge in [-0.3, -0.25) is 5.32 Å². The minimum absolute atomic E-state index is 0.0285. The number of thiazole rings is 1. The van der Waals surface area contributed by atoms with E-state index in [4.69, 9.17) is 0 Å². The van der Waals surface area contributed by atoms with Gasteiger partial charge in [-0.1, -0.05) is 11.3 Å². The number of fused-ring (bicyclic) bond motifs is 2. The highest BCUT2D eigenvalue weighted by Gasteiger charge is 2.44. The molecule has 0 aliphatic carbocycles. The molecule has 7 nitrogen and oxygen atoms in total. The van der Waals surface area contributed by atoms with Crippen LogP contribution in [0.25, 0.3) is 10.2 Å². The van der Waals surface area contributed by atoms with Gasteiger partial charge >= 0.3 is 12.3 Å². The number of amides is 2. The van der Waals surface area contributed by atoms with Crippen molar-refractivity contribution >= 4 is 32.7 Å². The number of hydrogen-bond donors (Lipinski definition) is 2. The van der Waals surface area contributed by atoms with Gasteiger partial charge in [0.1, 0.15) is 0 Å². The van der Waals surface area contributed by atoms with Crippen molar-refractivity contribution in [1.29, 1.82) is 0 Å². The van der Waals surface area contributed by atoms with E-state index < -0.39 is 6.29 Å². The van der Waals surface area contributed by atoms with Gasteiger partial charge in [-0.15, -0.1) is 8.78 Å². The fourth-order valence-electron chi connectivity index (χ4n) is 3.85.